The van der Waals surface area contributed by atoms with Crippen molar-refractivity contribution in [2.24, 2.45) is 5.10 Å². The molecule has 1 heterocycles. The van der Waals surface area contributed by atoms with Crippen molar-refractivity contribution in [3.63, 3.8) is 0 Å². The summed E-state index contributed by atoms with van der Waals surface area (Å²) in [6, 6.07) is 13.8. The third-order valence-corrected chi connectivity index (χ3v) is 6.01. The third-order valence-electron chi connectivity index (χ3n) is 4.17. The van der Waals surface area contributed by atoms with E-state index < -0.39 is 5.97 Å². The highest BCUT2D eigenvalue weighted by Crippen LogP contribution is 2.20. The standard InChI is InChI=1S/C21H18Br2N4O3/c1-13-20(23)14(2)27(26-13)12-19(28)25-24-11-15-7-9-16(10-8-15)30-21(29)17-5-3-4-6-18(17)22/h3-11H,12H2,1-2H3,(H,25,28)/b24-11+. The van der Waals surface area contributed by atoms with E-state index in [0.29, 0.717) is 15.8 Å². The van der Waals surface area contributed by atoms with Gasteiger partial charge >= 0.3 is 5.97 Å². The predicted octanol–water partition coefficient (Wildman–Crippen LogP) is 4.39. The van der Waals surface area contributed by atoms with E-state index in [4.69, 9.17) is 4.74 Å². The number of esters is 1. The fourth-order valence-electron chi connectivity index (χ4n) is 2.59. The number of aromatic nitrogens is 2. The SMILES string of the molecule is Cc1nn(CC(=O)N/N=C/c2ccc(OC(=O)c3ccccc3Br)cc2)c(C)c1Br. The molecule has 0 spiro atoms. The number of hydrogen-bond donors (Lipinski definition) is 1. The third kappa shape index (κ3) is 5.43. The van der Waals surface area contributed by atoms with Gasteiger partial charge in [0.15, 0.2) is 0 Å². The fourth-order valence-corrected chi connectivity index (χ4v) is 3.32. The molecule has 0 aliphatic heterocycles. The normalized spacial score (nSPS) is 10.9. The van der Waals surface area contributed by atoms with Crippen molar-refractivity contribution >= 4 is 50.0 Å². The summed E-state index contributed by atoms with van der Waals surface area (Å²) in [7, 11) is 0. The van der Waals surface area contributed by atoms with E-state index in [1.807, 2.05) is 19.9 Å². The first-order chi connectivity index (χ1) is 14.3. The second-order valence-corrected chi connectivity index (χ2v) is 8.02. The summed E-state index contributed by atoms with van der Waals surface area (Å²) in [4.78, 5) is 24.3. The molecule has 0 aliphatic carbocycles. The van der Waals surface area contributed by atoms with Gasteiger partial charge in [0.25, 0.3) is 5.91 Å². The zero-order chi connectivity index (χ0) is 21.7. The maximum absolute atomic E-state index is 12.2. The van der Waals surface area contributed by atoms with Crippen LogP contribution in [0.4, 0.5) is 0 Å². The van der Waals surface area contributed by atoms with Gasteiger partial charge in [0.05, 0.1) is 27.6 Å². The highest BCUT2D eigenvalue weighted by molar-refractivity contribution is 9.10. The summed E-state index contributed by atoms with van der Waals surface area (Å²) in [5.41, 5.74) is 5.36. The number of amides is 1. The molecule has 30 heavy (non-hydrogen) atoms. The lowest BCUT2D eigenvalue weighted by Gasteiger charge is -2.06. The number of hydrazone groups is 1. The zero-order valence-corrected chi connectivity index (χ0v) is 19.4. The van der Waals surface area contributed by atoms with E-state index in [9.17, 15) is 9.59 Å². The number of rotatable bonds is 6. The molecule has 7 nitrogen and oxygen atoms in total. The van der Waals surface area contributed by atoms with Crippen molar-refractivity contribution in [2.45, 2.75) is 20.4 Å². The van der Waals surface area contributed by atoms with E-state index in [0.717, 1.165) is 21.4 Å². The van der Waals surface area contributed by atoms with Crippen LogP contribution in [0.15, 0.2) is 62.6 Å². The molecular weight excluding hydrogens is 516 g/mol. The number of ether oxygens (including phenoxy) is 1. The molecule has 154 valence electrons. The number of nitrogens with one attached hydrogen (secondary N) is 1. The Labute approximate surface area is 190 Å². The highest BCUT2D eigenvalue weighted by atomic mass is 79.9. The molecule has 0 atom stereocenters. The largest absolute Gasteiger partial charge is 0.423 e. The van der Waals surface area contributed by atoms with Gasteiger partial charge in [0, 0.05) is 4.47 Å². The molecular formula is C21H18Br2N4O3. The van der Waals surface area contributed by atoms with Gasteiger partial charge in [-0.2, -0.15) is 10.2 Å². The Hall–Kier alpha value is -2.78. The lowest BCUT2D eigenvalue weighted by atomic mass is 10.2. The quantitative estimate of drug-likeness (QED) is 0.220. The van der Waals surface area contributed by atoms with Crippen molar-refractivity contribution in [1.29, 1.82) is 0 Å². The van der Waals surface area contributed by atoms with Crippen LogP contribution in [0.2, 0.25) is 0 Å². The van der Waals surface area contributed by atoms with Crippen LogP contribution >= 0.6 is 31.9 Å². The van der Waals surface area contributed by atoms with Crippen LogP contribution in [-0.4, -0.2) is 27.9 Å². The summed E-state index contributed by atoms with van der Waals surface area (Å²) in [5.74, 6) is -0.331. The van der Waals surface area contributed by atoms with E-state index in [1.54, 1.807) is 47.1 Å². The highest BCUT2D eigenvalue weighted by Gasteiger charge is 2.12. The smallest absolute Gasteiger partial charge is 0.344 e. The van der Waals surface area contributed by atoms with Crippen LogP contribution in [-0.2, 0) is 11.3 Å². The van der Waals surface area contributed by atoms with Gasteiger partial charge in [-0.05, 0) is 87.7 Å². The van der Waals surface area contributed by atoms with Gasteiger partial charge in [-0.3, -0.25) is 9.48 Å². The Kier molecular flexibility index (Phi) is 7.17. The molecule has 1 aromatic heterocycles. The van der Waals surface area contributed by atoms with Crippen molar-refractivity contribution in [2.75, 3.05) is 0 Å². The summed E-state index contributed by atoms with van der Waals surface area (Å²) in [5, 5.41) is 8.24. The van der Waals surface area contributed by atoms with Gasteiger partial charge < -0.3 is 4.74 Å². The Balaban J connectivity index is 1.54. The first-order valence-electron chi connectivity index (χ1n) is 8.93. The van der Waals surface area contributed by atoms with Crippen LogP contribution in [0, 0.1) is 13.8 Å². The van der Waals surface area contributed by atoms with Gasteiger partial charge in [0.1, 0.15) is 12.3 Å². The first-order valence-corrected chi connectivity index (χ1v) is 10.5. The van der Waals surface area contributed by atoms with Crippen LogP contribution in [0.3, 0.4) is 0 Å². The molecule has 9 heteroatoms. The van der Waals surface area contributed by atoms with E-state index in [-0.39, 0.29) is 12.5 Å². The first kappa shape index (κ1) is 21.9. The van der Waals surface area contributed by atoms with Crippen molar-refractivity contribution in [1.82, 2.24) is 15.2 Å². The summed E-state index contributed by atoms with van der Waals surface area (Å²) in [6.07, 6.45) is 1.51. The lowest BCUT2D eigenvalue weighted by molar-refractivity contribution is -0.121. The lowest BCUT2D eigenvalue weighted by Crippen LogP contribution is -2.24. The van der Waals surface area contributed by atoms with E-state index in [2.05, 4.69) is 47.5 Å². The average molecular weight is 534 g/mol. The number of halogens is 2. The minimum absolute atomic E-state index is 0.0690. The van der Waals surface area contributed by atoms with Gasteiger partial charge in [-0.25, -0.2) is 10.2 Å². The van der Waals surface area contributed by atoms with Crippen LogP contribution in [0.1, 0.15) is 27.3 Å². The number of benzene rings is 2. The molecule has 1 N–H and O–H groups in total. The van der Waals surface area contributed by atoms with Gasteiger partial charge in [-0.1, -0.05) is 12.1 Å². The van der Waals surface area contributed by atoms with Gasteiger partial charge in [0.2, 0.25) is 0 Å². The number of carbonyl (C=O) groups excluding carboxylic acids is 2. The second kappa shape index (κ2) is 9.82. The molecule has 0 unspecified atom stereocenters. The van der Waals surface area contributed by atoms with Crippen molar-refractivity contribution < 1.29 is 14.3 Å². The number of nitrogens with zero attached hydrogens (tertiary/aromatic N) is 3. The van der Waals surface area contributed by atoms with Gasteiger partial charge in [-0.15, -0.1) is 0 Å². The molecule has 0 fully saturated rings. The van der Waals surface area contributed by atoms with Crippen LogP contribution in [0.25, 0.3) is 0 Å². The molecule has 1 amide bonds. The Morgan fingerprint density at radius 3 is 2.47 bits per heavy atom. The Bertz CT molecular complexity index is 1110. The number of carbonyl (C=O) groups is 2. The Morgan fingerprint density at radius 1 is 1.13 bits per heavy atom. The van der Waals surface area contributed by atoms with Crippen molar-refractivity contribution in [3.8, 4) is 5.75 Å². The molecule has 2 aromatic carbocycles. The zero-order valence-electron chi connectivity index (χ0n) is 16.2. The maximum atomic E-state index is 12.2. The number of hydrogen-bond acceptors (Lipinski definition) is 5. The summed E-state index contributed by atoms with van der Waals surface area (Å²) < 4.78 is 8.54. The monoisotopic (exact) mass is 532 g/mol. The molecule has 0 saturated carbocycles. The molecule has 0 radical (unpaired) electrons. The molecule has 0 bridgehead atoms. The summed E-state index contributed by atoms with van der Waals surface area (Å²) >= 11 is 6.76. The topological polar surface area (TPSA) is 85.6 Å². The molecule has 0 saturated heterocycles. The minimum atomic E-state index is -0.452. The fraction of sp³-hybridized carbons (Fsp3) is 0.143. The van der Waals surface area contributed by atoms with E-state index >= 15 is 0 Å². The second-order valence-electron chi connectivity index (χ2n) is 6.37. The van der Waals surface area contributed by atoms with E-state index in [1.165, 1.54) is 6.21 Å². The Morgan fingerprint density at radius 2 is 1.83 bits per heavy atom. The summed E-state index contributed by atoms with van der Waals surface area (Å²) in [6.45, 7) is 3.81. The minimum Gasteiger partial charge on any atom is -0.423 e. The maximum Gasteiger partial charge on any atom is 0.344 e. The molecule has 3 rings (SSSR count). The molecule has 3 aromatic rings. The predicted molar refractivity (Wildman–Crippen MR) is 121 cm³/mol. The molecule has 0 aliphatic rings. The average Bonchev–Trinajstić information content (AvgIpc) is 2.96. The van der Waals surface area contributed by atoms with Crippen LogP contribution in [0.5, 0.6) is 5.75 Å². The number of aryl methyl sites for hydroxylation is 1. The van der Waals surface area contributed by atoms with Crippen LogP contribution < -0.4 is 10.2 Å². The van der Waals surface area contributed by atoms with Crippen molar-refractivity contribution in [3.05, 3.63) is 80.0 Å².